The van der Waals surface area contributed by atoms with E-state index >= 15 is 0 Å². The number of amides is 2. The average Bonchev–Trinajstić information content (AvgIpc) is 3.64. The Bertz CT molecular complexity index is 1550. The summed E-state index contributed by atoms with van der Waals surface area (Å²) >= 11 is 4.37. The third-order valence-corrected chi connectivity index (χ3v) is 9.49. The summed E-state index contributed by atoms with van der Waals surface area (Å²) in [6.07, 6.45) is 5.04. The van der Waals surface area contributed by atoms with Gasteiger partial charge in [0.05, 0.1) is 12.1 Å². The summed E-state index contributed by atoms with van der Waals surface area (Å²) in [7, 11) is 0. The Labute approximate surface area is 268 Å². The minimum Gasteiger partial charge on any atom is -0.481 e. The number of carboxylic acids is 2. The van der Waals surface area contributed by atoms with Gasteiger partial charge in [0, 0.05) is 53.0 Å². The summed E-state index contributed by atoms with van der Waals surface area (Å²) in [4.78, 5) is 51.5. The molecule has 0 spiro atoms. The van der Waals surface area contributed by atoms with Crippen LogP contribution in [0.4, 0.5) is 0 Å². The lowest BCUT2D eigenvalue weighted by molar-refractivity contribution is -0.138. The highest BCUT2D eigenvalue weighted by Crippen LogP contribution is 2.36. The lowest BCUT2D eigenvalue weighted by Crippen LogP contribution is -2.49. The molecule has 7 N–H and O–H groups in total. The number of aliphatic hydroxyl groups is 1. The fourth-order valence-electron chi connectivity index (χ4n) is 6.55. The first-order chi connectivity index (χ1) is 21.3. The number of carbonyl (C=O) groups is 4. The van der Waals surface area contributed by atoms with Crippen molar-refractivity contribution in [1.82, 2.24) is 20.9 Å². The van der Waals surface area contributed by atoms with Gasteiger partial charge in [-0.05, 0) is 85.8 Å². The Balaban J connectivity index is 1.77. The topological polar surface area (TPSA) is 181 Å². The van der Waals surface area contributed by atoms with Gasteiger partial charge in [-0.2, -0.15) is 12.6 Å². The molecule has 1 aromatic heterocycles. The van der Waals surface area contributed by atoms with E-state index in [0.29, 0.717) is 34.7 Å². The Morgan fingerprint density at radius 2 is 1.62 bits per heavy atom. The second-order valence-corrected chi connectivity index (χ2v) is 12.4. The first-order valence-electron chi connectivity index (χ1n) is 15.1. The van der Waals surface area contributed by atoms with Gasteiger partial charge in [-0.25, -0.2) is 0 Å². The summed E-state index contributed by atoms with van der Waals surface area (Å²) in [6, 6.07) is -1.29. The van der Waals surface area contributed by atoms with Crippen molar-refractivity contribution in [2.24, 2.45) is 11.8 Å². The van der Waals surface area contributed by atoms with Gasteiger partial charge in [0.2, 0.25) is 5.91 Å². The average molecular weight is 639 g/mol. The van der Waals surface area contributed by atoms with Gasteiger partial charge in [0.25, 0.3) is 5.91 Å². The number of hydrogen-bond donors (Lipinski definition) is 8. The predicted octanol–water partition coefficient (Wildman–Crippen LogP) is 3.24. The Morgan fingerprint density at radius 3 is 2.22 bits per heavy atom. The molecule has 0 bridgehead atoms. The number of H-pyrrole nitrogens is 1. The summed E-state index contributed by atoms with van der Waals surface area (Å²) in [5.74, 6) is -1.89. The molecule has 3 aliphatic heterocycles. The van der Waals surface area contributed by atoms with Crippen molar-refractivity contribution in [3.8, 4) is 0 Å². The van der Waals surface area contributed by atoms with Crippen LogP contribution >= 0.6 is 12.6 Å². The molecule has 1 unspecified atom stereocenters. The molecule has 12 heteroatoms. The molecular weight excluding hydrogens is 596 g/mol. The van der Waals surface area contributed by atoms with Crippen LogP contribution in [-0.4, -0.2) is 68.0 Å². The number of carboxylic acid groups (broad SMARTS) is 2. The number of hydrogen-bond acceptors (Lipinski definition) is 7. The van der Waals surface area contributed by atoms with Crippen LogP contribution in [0.1, 0.15) is 69.0 Å². The van der Waals surface area contributed by atoms with Gasteiger partial charge in [0.15, 0.2) is 0 Å². The molecular formula is C33H42N4O7S. The van der Waals surface area contributed by atoms with Crippen molar-refractivity contribution < 1.29 is 34.5 Å². The summed E-state index contributed by atoms with van der Waals surface area (Å²) in [5.41, 5.74) is 6.90. The number of aromatic nitrogens is 1. The standard InChI is InChI=1S/C33H42N4O7S/c1-6-19-16(3)30(37-33(19)44)31(42)29-17(4)21(8-10-28(40)41)25(35-29)14-24-20(7-9-27(38)39)15(2)23(34-24)13-26-22(11-12-45)18(5)32(43)36-26/h6,13-14,18,22,29-31,34-35,42,45H,1,7-12H2,2-5H3,(H,36,43)(H,37,44)(H,38,39)(H,40,41)/b25-14-,26-13-/t18-,22-,29?,30+,31-/m1/s1. The van der Waals surface area contributed by atoms with Gasteiger partial charge in [-0.1, -0.05) is 19.6 Å². The number of aromatic amines is 1. The molecule has 3 aliphatic rings. The maximum absolute atomic E-state index is 12.5. The van der Waals surface area contributed by atoms with Crippen molar-refractivity contribution in [1.29, 1.82) is 0 Å². The smallest absolute Gasteiger partial charge is 0.303 e. The fraction of sp³-hybridized carbons (Fsp3) is 0.455. The van der Waals surface area contributed by atoms with Crippen LogP contribution in [0.5, 0.6) is 0 Å². The van der Waals surface area contributed by atoms with Gasteiger partial charge >= 0.3 is 11.9 Å². The van der Waals surface area contributed by atoms with Crippen molar-refractivity contribution >= 4 is 48.5 Å². The predicted molar refractivity (Wildman–Crippen MR) is 174 cm³/mol. The van der Waals surface area contributed by atoms with Gasteiger partial charge < -0.3 is 36.3 Å². The van der Waals surface area contributed by atoms with Crippen LogP contribution in [0, 0.1) is 18.8 Å². The highest BCUT2D eigenvalue weighted by molar-refractivity contribution is 7.80. The first kappa shape index (κ1) is 33.9. The molecule has 0 radical (unpaired) electrons. The van der Waals surface area contributed by atoms with E-state index in [1.165, 1.54) is 6.08 Å². The zero-order chi connectivity index (χ0) is 33.2. The first-order valence-corrected chi connectivity index (χ1v) is 15.7. The molecule has 45 heavy (non-hydrogen) atoms. The summed E-state index contributed by atoms with van der Waals surface area (Å²) < 4.78 is 0. The van der Waals surface area contributed by atoms with E-state index in [1.54, 1.807) is 6.92 Å². The fourth-order valence-corrected chi connectivity index (χ4v) is 6.83. The van der Waals surface area contributed by atoms with Gasteiger partial charge in [-0.15, -0.1) is 0 Å². The second kappa shape index (κ2) is 13.9. The van der Waals surface area contributed by atoms with E-state index in [-0.39, 0.29) is 49.3 Å². The second-order valence-electron chi connectivity index (χ2n) is 11.9. The summed E-state index contributed by atoms with van der Waals surface area (Å²) in [5, 5.41) is 39.6. The Hall–Kier alpha value is -4.03. The van der Waals surface area contributed by atoms with Gasteiger partial charge in [0.1, 0.15) is 6.10 Å². The highest BCUT2D eigenvalue weighted by atomic mass is 32.1. The van der Waals surface area contributed by atoms with Crippen molar-refractivity contribution in [2.45, 2.75) is 78.0 Å². The van der Waals surface area contributed by atoms with Gasteiger partial charge in [-0.3, -0.25) is 19.2 Å². The van der Waals surface area contributed by atoms with Crippen molar-refractivity contribution in [2.75, 3.05) is 5.75 Å². The number of nitrogens with one attached hydrogen (secondary N) is 4. The zero-order valence-corrected chi connectivity index (χ0v) is 26.9. The van der Waals surface area contributed by atoms with E-state index < -0.39 is 30.1 Å². The molecule has 0 aromatic carbocycles. The normalized spacial score (nSPS) is 25.6. The SMILES string of the molecule is C=CC1=C(C)[C@@H]([C@H](O)C2N/C(=C\c3[nH]c(/C=C4\NC(=O)[C@H](C)[C@H]4CCS)c(C)c3CCC(=O)O)C(CCC(=O)O)=C2C)NC1=O. The van der Waals surface area contributed by atoms with Crippen molar-refractivity contribution in [3.63, 3.8) is 0 Å². The molecule has 0 saturated carbocycles. The van der Waals surface area contributed by atoms with Crippen LogP contribution in [0.3, 0.4) is 0 Å². The monoisotopic (exact) mass is 638 g/mol. The quantitative estimate of drug-likeness (QED) is 0.152. The number of rotatable bonds is 13. The number of aliphatic hydroxyl groups excluding tert-OH is 1. The number of allylic oxidation sites excluding steroid dienone is 2. The molecule has 4 rings (SSSR count). The van der Waals surface area contributed by atoms with Crippen LogP contribution < -0.4 is 16.0 Å². The Morgan fingerprint density at radius 1 is 0.978 bits per heavy atom. The lowest BCUT2D eigenvalue weighted by Gasteiger charge is -2.27. The minimum absolute atomic E-state index is 0.0240. The van der Waals surface area contributed by atoms with Crippen LogP contribution in [0.2, 0.25) is 0 Å². The maximum atomic E-state index is 12.5. The third-order valence-electron chi connectivity index (χ3n) is 9.23. The van der Waals surface area contributed by atoms with Crippen molar-refractivity contribution in [3.05, 3.63) is 68.9 Å². The lowest BCUT2D eigenvalue weighted by atomic mass is 9.91. The maximum Gasteiger partial charge on any atom is 0.303 e. The van der Waals surface area contributed by atoms with E-state index in [2.05, 4.69) is 40.1 Å². The minimum atomic E-state index is -1.06. The van der Waals surface area contributed by atoms with E-state index in [1.807, 2.05) is 32.9 Å². The molecule has 4 heterocycles. The molecule has 1 saturated heterocycles. The molecule has 1 aromatic rings. The highest BCUT2D eigenvalue weighted by Gasteiger charge is 2.40. The van der Waals surface area contributed by atoms with Crippen LogP contribution in [0.15, 0.2) is 46.3 Å². The van der Waals surface area contributed by atoms with E-state index in [9.17, 15) is 34.5 Å². The van der Waals surface area contributed by atoms with Crippen LogP contribution in [-0.2, 0) is 25.6 Å². The zero-order valence-electron chi connectivity index (χ0n) is 26.0. The largest absolute Gasteiger partial charge is 0.481 e. The van der Waals surface area contributed by atoms with E-state index in [4.69, 9.17) is 0 Å². The molecule has 2 amide bonds. The Kier molecular flexibility index (Phi) is 10.5. The molecule has 0 aliphatic carbocycles. The third kappa shape index (κ3) is 6.96. The van der Waals surface area contributed by atoms with Crippen LogP contribution in [0.25, 0.3) is 12.2 Å². The summed E-state index contributed by atoms with van der Waals surface area (Å²) in [6.45, 7) is 11.1. The number of aliphatic carboxylic acids is 2. The van der Waals surface area contributed by atoms with E-state index in [0.717, 1.165) is 33.7 Å². The molecule has 1 fully saturated rings. The molecule has 5 atom stereocenters. The molecule has 242 valence electrons. The number of thiol groups is 1. The number of carbonyl (C=O) groups excluding carboxylic acids is 2. The molecule has 11 nitrogen and oxygen atoms in total.